The summed E-state index contributed by atoms with van der Waals surface area (Å²) < 4.78 is 57.6. The molecular formula is C25H35Cl2F4N3O. The maximum absolute atomic E-state index is 14.0. The number of carbonyl (C=O) groups is 1. The van der Waals surface area contributed by atoms with Crippen molar-refractivity contribution in [1.29, 1.82) is 0 Å². The summed E-state index contributed by atoms with van der Waals surface area (Å²) in [4.78, 5) is 17.3. The highest BCUT2D eigenvalue weighted by molar-refractivity contribution is 6.30. The topological polar surface area (TPSA) is 46.9 Å². The van der Waals surface area contributed by atoms with Crippen molar-refractivity contribution in [3.8, 4) is 0 Å². The minimum absolute atomic E-state index is 0.0485. The van der Waals surface area contributed by atoms with Crippen molar-refractivity contribution in [2.75, 3.05) is 6.54 Å². The fourth-order valence-electron chi connectivity index (χ4n) is 6.71. The molecule has 1 aromatic rings. The number of amides is 1. The van der Waals surface area contributed by atoms with E-state index in [1.807, 2.05) is 10.8 Å². The van der Waals surface area contributed by atoms with E-state index in [9.17, 15) is 22.4 Å². The standard InChI is InChI=1S/C25H35Cl2F4N3O/c26-22-4-1-15(9-23(22)27)12-33-24(35)18-8-16(13-34-6-5-32-14-34)7-17(10-18)20-3-2-19(28)11-21(20)25(29,30)31/h5-6,14-23H,1-4,7-13H2,(H,33,35). The molecule has 0 aliphatic heterocycles. The Morgan fingerprint density at radius 2 is 1.80 bits per heavy atom. The SMILES string of the molecule is O=C(NCC1CCC(Cl)C(Cl)C1)C1CC(Cn2ccnc2)CC(C2CCC(F)CC2C(F)(F)F)C1. The van der Waals surface area contributed by atoms with Gasteiger partial charge in [0.1, 0.15) is 6.17 Å². The van der Waals surface area contributed by atoms with Gasteiger partial charge in [-0.2, -0.15) is 13.2 Å². The molecule has 1 N–H and O–H groups in total. The Hall–Kier alpha value is -1.02. The molecule has 9 atom stereocenters. The van der Waals surface area contributed by atoms with Crippen LogP contribution >= 0.6 is 23.2 Å². The van der Waals surface area contributed by atoms with Crippen LogP contribution < -0.4 is 5.32 Å². The number of aromatic nitrogens is 2. The first-order valence-corrected chi connectivity index (χ1v) is 13.7. The van der Waals surface area contributed by atoms with Crippen LogP contribution in [-0.4, -0.2) is 45.1 Å². The first kappa shape index (κ1) is 27.0. The summed E-state index contributed by atoms with van der Waals surface area (Å²) in [7, 11) is 0. The van der Waals surface area contributed by atoms with Crippen molar-refractivity contribution in [1.82, 2.24) is 14.9 Å². The zero-order chi connectivity index (χ0) is 25.2. The average molecular weight is 540 g/mol. The minimum atomic E-state index is -4.43. The van der Waals surface area contributed by atoms with Crippen molar-refractivity contribution in [2.24, 2.45) is 35.5 Å². The van der Waals surface area contributed by atoms with Gasteiger partial charge in [0.05, 0.1) is 17.6 Å². The van der Waals surface area contributed by atoms with E-state index >= 15 is 0 Å². The van der Waals surface area contributed by atoms with Gasteiger partial charge >= 0.3 is 6.18 Å². The molecule has 198 valence electrons. The molecular weight excluding hydrogens is 505 g/mol. The Morgan fingerprint density at radius 1 is 1.00 bits per heavy atom. The molecule has 3 saturated carbocycles. The lowest BCUT2D eigenvalue weighted by Crippen LogP contribution is -2.45. The van der Waals surface area contributed by atoms with E-state index in [0.717, 1.165) is 19.3 Å². The van der Waals surface area contributed by atoms with Crippen LogP contribution in [0.15, 0.2) is 18.7 Å². The molecule has 10 heteroatoms. The van der Waals surface area contributed by atoms with Gasteiger partial charge in [0, 0.05) is 36.8 Å². The third kappa shape index (κ3) is 7.06. The molecule has 4 nitrogen and oxygen atoms in total. The lowest BCUT2D eigenvalue weighted by atomic mass is 9.63. The second kappa shape index (κ2) is 11.6. The summed E-state index contributed by atoms with van der Waals surface area (Å²) in [5, 5.41) is 2.90. The number of carbonyl (C=O) groups excluding carboxylic acids is 1. The van der Waals surface area contributed by atoms with Gasteiger partial charge in [0.15, 0.2) is 0 Å². The molecule has 0 aromatic carbocycles. The van der Waals surface area contributed by atoms with Gasteiger partial charge in [0.25, 0.3) is 0 Å². The Labute approximate surface area is 214 Å². The molecule has 1 amide bonds. The number of hydrogen-bond donors (Lipinski definition) is 1. The third-order valence-electron chi connectivity index (χ3n) is 8.47. The highest BCUT2D eigenvalue weighted by Gasteiger charge is 2.51. The molecule has 0 saturated heterocycles. The average Bonchev–Trinajstić information content (AvgIpc) is 3.32. The maximum Gasteiger partial charge on any atom is 0.392 e. The van der Waals surface area contributed by atoms with Gasteiger partial charge in [-0.1, -0.05) is 0 Å². The van der Waals surface area contributed by atoms with Crippen LogP contribution in [0.25, 0.3) is 0 Å². The first-order chi connectivity index (χ1) is 16.6. The summed E-state index contributed by atoms with van der Waals surface area (Å²) in [6.45, 7) is 1.13. The van der Waals surface area contributed by atoms with E-state index in [1.54, 1.807) is 12.5 Å². The lowest BCUT2D eigenvalue weighted by molar-refractivity contribution is -0.209. The predicted octanol–water partition coefficient (Wildman–Crippen LogP) is 6.36. The van der Waals surface area contributed by atoms with Gasteiger partial charge in [-0.15, -0.1) is 23.2 Å². The lowest BCUT2D eigenvalue weighted by Gasteiger charge is -2.44. The van der Waals surface area contributed by atoms with Crippen LogP contribution in [0, 0.1) is 35.5 Å². The van der Waals surface area contributed by atoms with Gasteiger partial charge in [-0.05, 0) is 81.5 Å². The number of hydrogen-bond acceptors (Lipinski definition) is 2. The molecule has 3 aliphatic rings. The zero-order valence-corrected chi connectivity index (χ0v) is 21.3. The molecule has 0 radical (unpaired) electrons. The van der Waals surface area contributed by atoms with Gasteiger partial charge in [-0.3, -0.25) is 4.79 Å². The molecule has 35 heavy (non-hydrogen) atoms. The van der Waals surface area contributed by atoms with E-state index in [-0.39, 0.29) is 53.2 Å². The van der Waals surface area contributed by atoms with Gasteiger partial charge < -0.3 is 9.88 Å². The van der Waals surface area contributed by atoms with E-state index in [0.29, 0.717) is 32.4 Å². The van der Waals surface area contributed by atoms with E-state index in [1.165, 1.54) is 0 Å². The number of halogens is 6. The summed E-state index contributed by atoms with van der Waals surface area (Å²) in [5.74, 6) is -2.66. The van der Waals surface area contributed by atoms with Crippen molar-refractivity contribution >= 4 is 29.1 Å². The predicted molar refractivity (Wildman–Crippen MR) is 128 cm³/mol. The normalized spacial score (nSPS) is 38.7. The van der Waals surface area contributed by atoms with E-state index in [2.05, 4.69) is 10.3 Å². The molecule has 4 rings (SSSR count). The highest BCUT2D eigenvalue weighted by atomic mass is 35.5. The fourth-order valence-corrected chi connectivity index (χ4v) is 7.31. The second-order valence-electron chi connectivity index (χ2n) is 11.0. The van der Waals surface area contributed by atoms with Crippen molar-refractivity contribution in [3.63, 3.8) is 0 Å². The minimum Gasteiger partial charge on any atom is -0.356 e. The van der Waals surface area contributed by atoms with Crippen LogP contribution in [0.2, 0.25) is 0 Å². The monoisotopic (exact) mass is 539 g/mol. The number of rotatable bonds is 6. The molecule has 3 aliphatic carbocycles. The van der Waals surface area contributed by atoms with E-state index in [4.69, 9.17) is 23.2 Å². The van der Waals surface area contributed by atoms with Crippen LogP contribution in [0.3, 0.4) is 0 Å². The number of nitrogens with zero attached hydrogens (tertiary/aromatic N) is 2. The third-order valence-corrected chi connectivity index (χ3v) is 9.61. The van der Waals surface area contributed by atoms with Crippen LogP contribution in [0.5, 0.6) is 0 Å². The fraction of sp³-hybridized carbons (Fsp3) is 0.840. The van der Waals surface area contributed by atoms with Crippen LogP contribution in [-0.2, 0) is 11.3 Å². The highest BCUT2D eigenvalue weighted by Crippen LogP contribution is 2.50. The smallest absolute Gasteiger partial charge is 0.356 e. The largest absolute Gasteiger partial charge is 0.392 e. The quantitative estimate of drug-likeness (QED) is 0.337. The van der Waals surface area contributed by atoms with Gasteiger partial charge in [-0.25, -0.2) is 9.37 Å². The van der Waals surface area contributed by atoms with Gasteiger partial charge in [0.2, 0.25) is 5.91 Å². The summed E-state index contributed by atoms with van der Waals surface area (Å²) in [6.07, 6.45) is 3.41. The van der Waals surface area contributed by atoms with Crippen LogP contribution in [0.1, 0.15) is 57.8 Å². The number of imidazole rings is 1. The molecule has 3 fully saturated rings. The zero-order valence-electron chi connectivity index (χ0n) is 19.8. The summed E-state index contributed by atoms with van der Waals surface area (Å²) in [5.41, 5.74) is 0. The second-order valence-corrected chi connectivity index (χ2v) is 12.1. The Kier molecular flexibility index (Phi) is 8.94. The molecule has 0 bridgehead atoms. The van der Waals surface area contributed by atoms with Crippen molar-refractivity contribution < 1.29 is 22.4 Å². The Balaban J connectivity index is 1.44. The molecule has 1 heterocycles. The van der Waals surface area contributed by atoms with Crippen molar-refractivity contribution in [3.05, 3.63) is 18.7 Å². The summed E-state index contributed by atoms with van der Waals surface area (Å²) >= 11 is 12.5. The summed E-state index contributed by atoms with van der Waals surface area (Å²) in [6, 6.07) is 0. The molecule has 0 spiro atoms. The molecule has 1 aromatic heterocycles. The Bertz CT molecular complexity index is 824. The number of alkyl halides is 6. The Morgan fingerprint density at radius 3 is 2.49 bits per heavy atom. The van der Waals surface area contributed by atoms with E-state index < -0.39 is 30.6 Å². The maximum atomic E-state index is 14.0. The number of nitrogens with one attached hydrogen (secondary N) is 1. The first-order valence-electron chi connectivity index (χ1n) is 12.8. The van der Waals surface area contributed by atoms with Crippen LogP contribution in [0.4, 0.5) is 17.6 Å². The molecule has 9 unspecified atom stereocenters. The van der Waals surface area contributed by atoms with Crippen molar-refractivity contribution in [2.45, 2.75) is 87.4 Å².